The van der Waals surface area contributed by atoms with Gasteiger partial charge >= 0.3 is 62.6 Å². The molecular weight excluding hydrogens is 1210 g/mol. The normalized spacial score (nSPS) is 12.3. The zero-order valence-electron chi connectivity index (χ0n) is 44.3. The van der Waals surface area contributed by atoms with Crippen molar-refractivity contribution in [2.75, 3.05) is 0 Å². The first kappa shape index (κ1) is 61.9. The first-order valence-corrected chi connectivity index (χ1v) is 33.0. The molecule has 0 spiro atoms. The molecular formula is C66H49Cl2F12SiZr-3. The molecule has 0 saturated heterocycles. The topological polar surface area (TPSA) is 0 Å². The smallest absolute Gasteiger partial charge is 0.0920 e. The molecule has 1 heterocycles. The molecule has 10 aromatic carbocycles. The summed E-state index contributed by atoms with van der Waals surface area (Å²) in [4.78, 5) is 0. The zero-order valence-corrected chi connectivity index (χ0v) is 49.2. The maximum Gasteiger partial charge on any atom is 0.0920 e. The minimum absolute atomic E-state index is 0.108. The fraction of sp³-hybridized carbons (Fsp3) is 0.182. The molecule has 0 fully saturated rings. The van der Waals surface area contributed by atoms with Gasteiger partial charge in [-0.15, -0.1) is 62.5 Å². The Morgan fingerprint density at radius 2 is 0.793 bits per heavy atom. The number of halogens is 14. The summed E-state index contributed by atoms with van der Waals surface area (Å²) in [5.41, 5.74) is 2.58. The Bertz CT molecular complexity index is 3490. The van der Waals surface area contributed by atoms with Gasteiger partial charge in [0, 0.05) is 0 Å². The Morgan fingerprint density at radius 1 is 0.427 bits per heavy atom. The standard InChI is InChI=1S/2C27H21F6.C12H7Si.2ClH.Zr/c2*1-16(2)10-17-11-19-8-9-23(18-6-4-3-5-7-18)25(24(19)12-17)20-13-21(26(28,29)30)15-22(14-20)27(31,32)33;1-3-7-11-9(5-1)10-6-2-4-8-12(10)13-11;;;/h2*3-9,11-16H,10H2,1-2H3;1-7H;2*1H;/q3*-1;;;+2/p-2. The van der Waals surface area contributed by atoms with Gasteiger partial charge in [-0.25, -0.2) is 0 Å². The third kappa shape index (κ3) is 14.9. The molecule has 0 bridgehead atoms. The Hall–Kier alpha value is -6.18. The second-order valence-corrected chi connectivity index (χ2v) is 25.4. The van der Waals surface area contributed by atoms with Gasteiger partial charge in [0.15, 0.2) is 0 Å². The van der Waals surface area contributed by atoms with Crippen LogP contribution in [0.4, 0.5) is 52.7 Å². The van der Waals surface area contributed by atoms with Crippen LogP contribution in [0.15, 0.2) is 188 Å². The van der Waals surface area contributed by atoms with E-state index in [1.54, 1.807) is 72.8 Å². The van der Waals surface area contributed by atoms with E-state index in [0.717, 1.165) is 68.5 Å². The van der Waals surface area contributed by atoms with Crippen molar-refractivity contribution in [1.82, 2.24) is 0 Å². The number of hydrogen-bond acceptors (Lipinski definition) is 0. The molecule has 0 unspecified atom stereocenters. The van der Waals surface area contributed by atoms with E-state index in [4.69, 9.17) is 17.0 Å². The first-order valence-electron chi connectivity index (χ1n) is 25.7. The van der Waals surface area contributed by atoms with Crippen LogP contribution in [0, 0.1) is 17.9 Å². The fourth-order valence-electron chi connectivity index (χ4n) is 10.1. The van der Waals surface area contributed by atoms with Crippen molar-refractivity contribution in [2.45, 2.75) is 65.2 Å². The van der Waals surface area contributed by atoms with Gasteiger partial charge < -0.3 is 0 Å². The van der Waals surface area contributed by atoms with Crippen LogP contribution >= 0.6 is 17.0 Å². The maximum atomic E-state index is 13.6. The largest absolute Gasteiger partial charge is 0.184 e. The minimum Gasteiger partial charge on any atom is -0.184 e. The van der Waals surface area contributed by atoms with Gasteiger partial charge in [0.2, 0.25) is 0 Å². The quantitative estimate of drug-likeness (QED) is 0.0808. The molecule has 0 N–H and O–H groups in total. The van der Waals surface area contributed by atoms with Crippen molar-refractivity contribution in [3.8, 4) is 55.6 Å². The van der Waals surface area contributed by atoms with Gasteiger partial charge in [-0.05, 0) is 94.5 Å². The predicted molar refractivity (Wildman–Crippen MR) is 305 cm³/mol. The minimum atomic E-state index is -4.91. The summed E-state index contributed by atoms with van der Waals surface area (Å²) in [6, 6.07) is 54.6. The Balaban J connectivity index is 0.000000169. The van der Waals surface area contributed by atoms with E-state index in [9.17, 15) is 52.7 Å². The number of alkyl halides is 12. The summed E-state index contributed by atoms with van der Waals surface area (Å²) in [6.45, 7) is 8.21. The van der Waals surface area contributed by atoms with Gasteiger partial charge in [-0.3, -0.25) is 0 Å². The number of fused-ring (bicyclic) bond motifs is 5. The molecule has 0 aliphatic carbocycles. The fourth-order valence-corrected chi connectivity index (χ4v) is 11.4. The van der Waals surface area contributed by atoms with E-state index in [1.165, 1.54) is 21.5 Å². The molecule has 0 amide bonds. The third-order valence-corrected chi connectivity index (χ3v) is 14.8. The van der Waals surface area contributed by atoms with Gasteiger partial charge in [0.25, 0.3) is 0 Å². The van der Waals surface area contributed by atoms with Crippen molar-refractivity contribution in [2.24, 2.45) is 11.8 Å². The van der Waals surface area contributed by atoms with Gasteiger partial charge in [0.05, 0.1) is 31.8 Å². The molecule has 0 aromatic heterocycles. The van der Waals surface area contributed by atoms with Gasteiger partial charge in [-0.1, -0.05) is 147 Å². The first-order chi connectivity index (χ1) is 38.7. The van der Waals surface area contributed by atoms with Crippen molar-refractivity contribution in [3.05, 3.63) is 228 Å². The molecule has 422 valence electrons. The molecule has 82 heavy (non-hydrogen) atoms. The number of hydrogen-bond donors (Lipinski definition) is 0. The van der Waals surface area contributed by atoms with Crippen LogP contribution in [-0.2, 0) is 58.4 Å². The molecule has 2 radical (unpaired) electrons. The van der Waals surface area contributed by atoms with Crippen LogP contribution in [0.1, 0.15) is 61.1 Å². The van der Waals surface area contributed by atoms with Gasteiger partial charge in [0.1, 0.15) is 0 Å². The van der Waals surface area contributed by atoms with Crippen LogP contribution in [0.3, 0.4) is 0 Å². The summed E-state index contributed by atoms with van der Waals surface area (Å²) in [5.74, 6) is 0.702. The van der Waals surface area contributed by atoms with E-state index in [-0.39, 0.29) is 23.3 Å². The van der Waals surface area contributed by atoms with E-state index in [2.05, 4.69) is 70.2 Å². The SMILES string of the molecule is CC(C)Cc1cc2c(-c3cc(C(F)(F)F)cc(C(F)(F)F)c3)c(-c3ccccc3)ccc2[cH-]1.CC(C)Cc1cc2c(-c3cc(C(F)(F)F)cc(C(F)(F)F)c3)c(-c3ccccc3)ccc2[cH-]1.[Cl][Zr][Cl].[c-]1cccc2c1[Si]c1ccccc1-2. The predicted octanol–water partition coefficient (Wildman–Crippen LogP) is 20.8. The van der Waals surface area contributed by atoms with Crippen LogP contribution < -0.4 is 10.4 Å². The summed E-state index contributed by atoms with van der Waals surface area (Å²) < 4.78 is 163. The molecule has 1 aliphatic rings. The molecule has 0 atom stereocenters. The molecule has 0 saturated carbocycles. The average Bonchev–Trinajstić information content (AvgIpc) is 4.03. The molecule has 10 aromatic rings. The average molecular weight is 1260 g/mol. The summed E-state index contributed by atoms with van der Waals surface area (Å²) >= 11 is -0.826. The van der Waals surface area contributed by atoms with Crippen molar-refractivity contribution >= 4 is 58.5 Å². The van der Waals surface area contributed by atoms with E-state index >= 15 is 0 Å². The Morgan fingerprint density at radius 3 is 1.17 bits per heavy atom. The second kappa shape index (κ2) is 25.8. The van der Waals surface area contributed by atoms with Crippen molar-refractivity contribution in [3.63, 3.8) is 0 Å². The van der Waals surface area contributed by atoms with E-state index in [1.807, 2.05) is 42.5 Å². The van der Waals surface area contributed by atoms with E-state index < -0.39 is 67.8 Å². The Kier molecular flexibility index (Phi) is 19.4. The van der Waals surface area contributed by atoms with Crippen LogP contribution in [0.5, 0.6) is 0 Å². The molecule has 16 heteroatoms. The summed E-state index contributed by atoms with van der Waals surface area (Å²) in [6.07, 6.45) is -18.1. The molecule has 0 nitrogen and oxygen atoms in total. The monoisotopic (exact) mass is 1260 g/mol. The van der Waals surface area contributed by atoms with Crippen LogP contribution in [0.2, 0.25) is 0 Å². The van der Waals surface area contributed by atoms with Crippen molar-refractivity contribution < 1.29 is 73.5 Å². The molecule has 1 aliphatic heterocycles. The number of rotatable bonds is 8. The Labute approximate surface area is 489 Å². The van der Waals surface area contributed by atoms with E-state index in [0.29, 0.717) is 56.0 Å². The summed E-state index contributed by atoms with van der Waals surface area (Å²) in [7, 11) is 10.7. The summed E-state index contributed by atoms with van der Waals surface area (Å²) in [5, 5.41) is 5.67. The van der Waals surface area contributed by atoms with Crippen molar-refractivity contribution in [1.29, 1.82) is 0 Å². The maximum absolute atomic E-state index is 13.6. The zero-order chi connectivity index (χ0) is 59.3. The van der Waals surface area contributed by atoms with Gasteiger partial charge in [-0.2, -0.15) is 94.3 Å². The van der Waals surface area contributed by atoms with Crippen LogP contribution in [0.25, 0.3) is 77.2 Å². The second-order valence-electron chi connectivity index (χ2n) is 20.4. The van der Waals surface area contributed by atoms with Crippen LogP contribution in [-0.4, -0.2) is 9.52 Å². The molecule has 11 rings (SSSR count). The number of benzene rings is 8. The third-order valence-electron chi connectivity index (χ3n) is 13.4.